The third-order valence-electron chi connectivity index (χ3n) is 0.760. The number of aliphatic hydroxyl groups is 1. The minimum atomic E-state index is 0.215. The van der Waals surface area contributed by atoms with E-state index in [-0.39, 0.29) is 12.0 Å². The predicted octanol–water partition coefficient (Wildman–Crippen LogP) is 1.39. The Bertz CT molecular complexity index is 37.1. The van der Waals surface area contributed by atoms with Crippen LogP contribution in [0.5, 0.6) is 0 Å². The molecule has 44 valence electrons. The van der Waals surface area contributed by atoms with E-state index in [1.54, 1.807) is 0 Å². The third-order valence-corrected chi connectivity index (χ3v) is 0.978. The molecule has 0 radical (unpaired) electrons. The molecular formula is C5H11ClO. The van der Waals surface area contributed by atoms with Crippen LogP contribution in [0.3, 0.4) is 0 Å². The van der Waals surface area contributed by atoms with Crippen molar-refractivity contribution in [2.24, 2.45) is 0 Å². The van der Waals surface area contributed by atoms with Crippen molar-refractivity contribution in [2.45, 2.75) is 25.1 Å². The van der Waals surface area contributed by atoms with Crippen LogP contribution in [0, 0.1) is 0 Å². The van der Waals surface area contributed by atoms with E-state index in [1.807, 2.05) is 6.92 Å². The Morgan fingerprint density at radius 2 is 2.29 bits per heavy atom. The summed E-state index contributed by atoms with van der Waals surface area (Å²) in [6, 6.07) is 0. The summed E-state index contributed by atoms with van der Waals surface area (Å²) in [6.07, 6.45) is 1.74. The average molecular weight is 123 g/mol. The maximum Gasteiger partial charge on any atom is 0.0431 e. The maximum absolute atomic E-state index is 8.26. The van der Waals surface area contributed by atoms with Crippen molar-refractivity contribution in [1.29, 1.82) is 0 Å². The second-order valence-electron chi connectivity index (χ2n) is 1.65. The van der Waals surface area contributed by atoms with Gasteiger partial charge in [0.25, 0.3) is 0 Å². The van der Waals surface area contributed by atoms with Crippen LogP contribution in [0.2, 0.25) is 0 Å². The summed E-state index contributed by atoms with van der Waals surface area (Å²) in [6.45, 7) is 2.19. The average Bonchev–Trinajstić information content (AvgIpc) is 1.61. The minimum Gasteiger partial charge on any atom is -0.396 e. The van der Waals surface area contributed by atoms with Gasteiger partial charge in [-0.2, -0.15) is 0 Å². The molecule has 0 aromatic heterocycles. The molecule has 0 saturated carbocycles. The molecule has 0 aliphatic heterocycles. The molecule has 0 amide bonds. The fraction of sp³-hybridized carbons (Fsp3) is 1.00. The summed E-state index contributed by atoms with van der Waals surface area (Å²) in [5.74, 6) is 0. The fourth-order valence-electron chi connectivity index (χ4n) is 0.373. The molecule has 1 atom stereocenters. The van der Waals surface area contributed by atoms with Gasteiger partial charge in [-0.15, -0.1) is 11.6 Å². The van der Waals surface area contributed by atoms with E-state index in [9.17, 15) is 0 Å². The smallest absolute Gasteiger partial charge is 0.0431 e. The first-order valence-corrected chi connectivity index (χ1v) is 2.96. The lowest BCUT2D eigenvalue weighted by molar-refractivity contribution is 0.284. The number of rotatable bonds is 3. The van der Waals surface area contributed by atoms with Gasteiger partial charge >= 0.3 is 0 Å². The highest BCUT2D eigenvalue weighted by molar-refractivity contribution is 6.20. The first-order chi connectivity index (χ1) is 3.27. The van der Waals surface area contributed by atoms with Gasteiger partial charge in [-0.25, -0.2) is 0 Å². The lowest BCUT2D eigenvalue weighted by Crippen LogP contribution is -1.91. The molecule has 2 heteroatoms. The maximum atomic E-state index is 8.26. The van der Waals surface area contributed by atoms with Crippen molar-refractivity contribution < 1.29 is 5.11 Å². The first-order valence-electron chi connectivity index (χ1n) is 2.52. The molecule has 0 aromatic rings. The van der Waals surface area contributed by atoms with Crippen LogP contribution in [0.1, 0.15) is 19.8 Å². The third kappa shape index (κ3) is 6.25. The molecule has 0 rings (SSSR count). The minimum absolute atomic E-state index is 0.215. The summed E-state index contributed by atoms with van der Waals surface area (Å²) in [5, 5.41) is 8.47. The van der Waals surface area contributed by atoms with E-state index in [0.717, 1.165) is 12.8 Å². The number of halogens is 1. The molecule has 0 heterocycles. The number of aliphatic hydroxyl groups excluding tert-OH is 1. The van der Waals surface area contributed by atoms with Gasteiger partial charge in [0.05, 0.1) is 0 Å². The van der Waals surface area contributed by atoms with Gasteiger partial charge < -0.3 is 5.11 Å². The van der Waals surface area contributed by atoms with E-state index in [1.165, 1.54) is 0 Å². The lowest BCUT2D eigenvalue weighted by atomic mass is 10.3. The molecule has 0 aliphatic carbocycles. The van der Waals surface area contributed by atoms with Crippen molar-refractivity contribution in [3.8, 4) is 0 Å². The van der Waals surface area contributed by atoms with E-state index in [0.29, 0.717) is 0 Å². The zero-order chi connectivity index (χ0) is 5.70. The summed E-state index contributed by atoms with van der Waals surface area (Å²) < 4.78 is 0. The molecule has 0 bridgehead atoms. The SMILES string of the molecule is CC(Cl)CCCO. The fourth-order valence-corrected chi connectivity index (χ4v) is 0.527. The topological polar surface area (TPSA) is 20.2 Å². The van der Waals surface area contributed by atoms with Crippen LogP contribution in [-0.2, 0) is 0 Å². The highest BCUT2D eigenvalue weighted by Crippen LogP contribution is 2.01. The largest absolute Gasteiger partial charge is 0.396 e. The first kappa shape index (κ1) is 7.25. The van der Waals surface area contributed by atoms with E-state index >= 15 is 0 Å². The second-order valence-corrected chi connectivity index (χ2v) is 2.39. The van der Waals surface area contributed by atoms with Crippen LogP contribution < -0.4 is 0 Å². The Morgan fingerprint density at radius 1 is 1.71 bits per heavy atom. The lowest BCUT2D eigenvalue weighted by Gasteiger charge is -1.96. The van der Waals surface area contributed by atoms with Gasteiger partial charge in [0.1, 0.15) is 0 Å². The molecule has 1 unspecified atom stereocenters. The van der Waals surface area contributed by atoms with Crippen molar-refractivity contribution in [3.05, 3.63) is 0 Å². The summed E-state index contributed by atoms with van der Waals surface area (Å²) in [5.41, 5.74) is 0. The van der Waals surface area contributed by atoms with Crippen LogP contribution in [0.4, 0.5) is 0 Å². The molecule has 1 nitrogen and oxygen atoms in total. The van der Waals surface area contributed by atoms with Gasteiger partial charge in [-0.05, 0) is 19.8 Å². The highest BCUT2D eigenvalue weighted by Gasteiger charge is 1.91. The molecular weight excluding hydrogens is 112 g/mol. The van der Waals surface area contributed by atoms with Crippen molar-refractivity contribution >= 4 is 11.6 Å². The zero-order valence-electron chi connectivity index (χ0n) is 4.52. The predicted molar refractivity (Wildman–Crippen MR) is 31.6 cm³/mol. The Hall–Kier alpha value is 0.250. The summed E-state index contributed by atoms with van der Waals surface area (Å²) in [4.78, 5) is 0. The molecule has 0 saturated heterocycles. The van der Waals surface area contributed by atoms with E-state index < -0.39 is 0 Å². The molecule has 7 heavy (non-hydrogen) atoms. The van der Waals surface area contributed by atoms with E-state index in [4.69, 9.17) is 16.7 Å². The zero-order valence-corrected chi connectivity index (χ0v) is 5.28. The standard InChI is InChI=1S/C5H11ClO/c1-5(6)3-2-4-7/h5,7H,2-4H2,1H3. The Labute approximate surface area is 49.3 Å². The Morgan fingerprint density at radius 3 is 2.43 bits per heavy atom. The van der Waals surface area contributed by atoms with Crippen LogP contribution in [0.15, 0.2) is 0 Å². The molecule has 1 N–H and O–H groups in total. The number of hydrogen-bond donors (Lipinski definition) is 1. The van der Waals surface area contributed by atoms with Gasteiger partial charge in [0.15, 0.2) is 0 Å². The van der Waals surface area contributed by atoms with Crippen molar-refractivity contribution in [3.63, 3.8) is 0 Å². The van der Waals surface area contributed by atoms with Gasteiger partial charge in [-0.1, -0.05) is 0 Å². The van der Waals surface area contributed by atoms with Crippen LogP contribution >= 0.6 is 11.6 Å². The van der Waals surface area contributed by atoms with Gasteiger partial charge in [0, 0.05) is 12.0 Å². The Kier molecular flexibility index (Phi) is 4.57. The van der Waals surface area contributed by atoms with Crippen LogP contribution in [-0.4, -0.2) is 17.1 Å². The molecule has 0 aromatic carbocycles. The van der Waals surface area contributed by atoms with Gasteiger partial charge in [0.2, 0.25) is 0 Å². The second kappa shape index (κ2) is 4.41. The monoisotopic (exact) mass is 122 g/mol. The molecule has 0 aliphatic rings. The normalized spacial score (nSPS) is 14.1. The van der Waals surface area contributed by atoms with E-state index in [2.05, 4.69) is 0 Å². The number of hydrogen-bond acceptors (Lipinski definition) is 1. The van der Waals surface area contributed by atoms with Crippen molar-refractivity contribution in [1.82, 2.24) is 0 Å². The highest BCUT2D eigenvalue weighted by atomic mass is 35.5. The van der Waals surface area contributed by atoms with Crippen LogP contribution in [0.25, 0.3) is 0 Å². The molecule has 0 spiro atoms. The Balaban J connectivity index is 2.68. The molecule has 0 fully saturated rings. The summed E-state index contributed by atoms with van der Waals surface area (Å²) >= 11 is 5.55. The van der Waals surface area contributed by atoms with Gasteiger partial charge in [-0.3, -0.25) is 0 Å². The summed E-state index contributed by atoms with van der Waals surface area (Å²) in [7, 11) is 0. The van der Waals surface area contributed by atoms with Crippen molar-refractivity contribution in [2.75, 3.05) is 6.61 Å². The quantitative estimate of drug-likeness (QED) is 0.561. The number of alkyl halides is 1.